The molecule has 9 heavy (non-hydrogen) atoms. The summed E-state index contributed by atoms with van der Waals surface area (Å²) in [6, 6.07) is 3.59. The molecular formula is C6H6BrNO. The lowest BCUT2D eigenvalue weighted by Crippen LogP contribution is -2.12. The summed E-state index contributed by atoms with van der Waals surface area (Å²) in [7, 11) is 0. The minimum Gasteiger partial charge on any atom is -0.268 e. The van der Waals surface area contributed by atoms with Gasteiger partial charge >= 0.3 is 0 Å². The molecule has 48 valence electrons. The van der Waals surface area contributed by atoms with E-state index in [1.165, 1.54) is 3.59 Å². The van der Waals surface area contributed by atoms with Gasteiger partial charge in [0.25, 0.3) is 5.56 Å². The van der Waals surface area contributed by atoms with Crippen LogP contribution in [0.25, 0.3) is 0 Å². The maximum Gasteiger partial charge on any atom is 0.263 e. The Morgan fingerprint density at radius 1 is 1.67 bits per heavy atom. The molecule has 1 heterocycles. The van der Waals surface area contributed by atoms with Gasteiger partial charge in [-0.1, -0.05) is 6.07 Å². The molecule has 0 bridgehead atoms. The number of hydrogen-bond acceptors (Lipinski definition) is 1. The quantitative estimate of drug-likeness (QED) is 0.601. The smallest absolute Gasteiger partial charge is 0.263 e. The summed E-state index contributed by atoms with van der Waals surface area (Å²) in [4.78, 5) is 10.9. The fourth-order valence-corrected chi connectivity index (χ4v) is 0.987. The Morgan fingerprint density at radius 2 is 2.33 bits per heavy atom. The predicted octanol–water partition coefficient (Wildman–Crippen LogP) is 1.31. The summed E-state index contributed by atoms with van der Waals surface area (Å²) in [5.41, 5.74) is 0.742. The highest BCUT2D eigenvalue weighted by atomic mass is 79.9. The molecule has 0 radical (unpaired) electrons. The lowest BCUT2D eigenvalue weighted by Gasteiger charge is -1.92. The van der Waals surface area contributed by atoms with Crippen molar-refractivity contribution in [3.05, 3.63) is 34.2 Å². The van der Waals surface area contributed by atoms with Crippen LogP contribution in [0.15, 0.2) is 23.1 Å². The van der Waals surface area contributed by atoms with E-state index in [1.54, 1.807) is 19.2 Å². The lowest BCUT2D eigenvalue weighted by atomic mass is 10.3. The van der Waals surface area contributed by atoms with Crippen molar-refractivity contribution in [2.24, 2.45) is 0 Å². The van der Waals surface area contributed by atoms with Crippen LogP contribution in [0, 0.1) is 6.92 Å². The van der Waals surface area contributed by atoms with Gasteiger partial charge in [-0.3, -0.25) is 4.79 Å². The Labute approximate surface area is 61.5 Å². The molecule has 0 aliphatic heterocycles. The van der Waals surface area contributed by atoms with Crippen molar-refractivity contribution < 1.29 is 0 Å². The van der Waals surface area contributed by atoms with Gasteiger partial charge in [-0.25, -0.2) is 3.59 Å². The van der Waals surface area contributed by atoms with Gasteiger partial charge in [-0.05, 0) is 13.0 Å². The van der Waals surface area contributed by atoms with Crippen molar-refractivity contribution in [2.45, 2.75) is 6.92 Å². The molecule has 0 aliphatic carbocycles. The predicted molar refractivity (Wildman–Crippen MR) is 39.8 cm³/mol. The SMILES string of the molecule is Cc1cccn(Br)c1=O. The van der Waals surface area contributed by atoms with E-state index in [1.807, 2.05) is 6.07 Å². The molecular weight excluding hydrogens is 182 g/mol. The van der Waals surface area contributed by atoms with Crippen molar-refractivity contribution in [1.82, 2.24) is 3.59 Å². The van der Waals surface area contributed by atoms with Gasteiger partial charge in [0, 0.05) is 11.8 Å². The molecule has 1 aromatic rings. The maximum absolute atomic E-state index is 10.9. The normalized spacial score (nSPS) is 9.56. The first-order valence-electron chi connectivity index (χ1n) is 2.56. The summed E-state index contributed by atoms with van der Waals surface area (Å²) >= 11 is 3.05. The Bertz CT molecular complexity index is 243. The van der Waals surface area contributed by atoms with E-state index < -0.39 is 0 Å². The molecule has 0 fully saturated rings. The summed E-state index contributed by atoms with van der Waals surface area (Å²) in [5, 5.41) is 0. The average molecular weight is 188 g/mol. The molecule has 0 saturated carbocycles. The highest BCUT2D eigenvalue weighted by Crippen LogP contribution is 1.90. The van der Waals surface area contributed by atoms with Crippen LogP contribution in [-0.4, -0.2) is 3.59 Å². The van der Waals surface area contributed by atoms with Gasteiger partial charge in [0.2, 0.25) is 0 Å². The first-order valence-corrected chi connectivity index (χ1v) is 3.27. The average Bonchev–Trinajstić information content (AvgIpc) is 1.83. The number of halogens is 1. The van der Waals surface area contributed by atoms with Crippen LogP contribution in [0.1, 0.15) is 5.56 Å². The summed E-state index contributed by atoms with van der Waals surface area (Å²) in [5.74, 6) is 0. The zero-order chi connectivity index (χ0) is 6.85. The van der Waals surface area contributed by atoms with Gasteiger partial charge in [0.1, 0.15) is 0 Å². The minimum absolute atomic E-state index is 0.00231. The number of pyridine rings is 1. The standard InChI is InChI=1S/C6H6BrNO/c1-5-3-2-4-8(7)6(5)9/h2-4H,1H3. The molecule has 2 nitrogen and oxygen atoms in total. The number of aryl methyl sites for hydroxylation is 1. The fourth-order valence-electron chi connectivity index (χ4n) is 0.570. The number of nitrogens with zero attached hydrogens (tertiary/aromatic N) is 1. The van der Waals surface area contributed by atoms with E-state index in [4.69, 9.17) is 0 Å². The van der Waals surface area contributed by atoms with E-state index in [2.05, 4.69) is 16.1 Å². The molecule has 1 aromatic heterocycles. The van der Waals surface area contributed by atoms with E-state index in [9.17, 15) is 4.79 Å². The maximum atomic E-state index is 10.9. The van der Waals surface area contributed by atoms with Crippen LogP contribution in [0.2, 0.25) is 0 Å². The largest absolute Gasteiger partial charge is 0.268 e. The molecule has 0 N–H and O–H groups in total. The Kier molecular flexibility index (Phi) is 1.71. The van der Waals surface area contributed by atoms with Crippen LogP contribution in [-0.2, 0) is 0 Å². The third-order valence-electron chi connectivity index (χ3n) is 1.09. The highest BCUT2D eigenvalue weighted by molar-refractivity contribution is 9.08. The molecule has 0 amide bonds. The van der Waals surface area contributed by atoms with Gasteiger partial charge in [-0.15, -0.1) is 0 Å². The molecule has 0 aromatic carbocycles. The van der Waals surface area contributed by atoms with Crippen molar-refractivity contribution >= 4 is 16.1 Å². The van der Waals surface area contributed by atoms with Gasteiger partial charge in [-0.2, -0.15) is 0 Å². The van der Waals surface area contributed by atoms with E-state index in [-0.39, 0.29) is 5.56 Å². The second kappa shape index (κ2) is 2.35. The van der Waals surface area contributed by atoms with Crippen molar-refractivity contribution in [3.63, 3.8) is 0 Å². The van der Waals surface area contributed by atoms with Gasteiger partial charge in [0.05, 0.1) is 16.1 Å². The van der Waals surface area contributed by atoms with Crippen LogP contribution < -0.4 is 5.56 Å². The topological polar surface area (TPSA) is 22.0 Å². The number of rotatable bonds is 0. The first-order chi connectivity index (χ1) is 4.22. The molecule has 0 unspecified atom stereocenters. The van der Waals surface area contributed by atoms with Crippen LogP contribution in [0.4, 0.5) is 0 Å². The summed E-state index contributed by atoms with van der Waals surface area (Å²) in [6.07, 6.45) is 1.66. The summed E-state index contributed by atoms with van der Waals surface area (Å²) < 4.78 is 1.38. The minimum atomic E-state index is -0.00231. The van der Waals surface area contributed by atoms with Crippen LogP contribution in [0.5, 0.6) is 0 Å². The molecule has 3 heteroatoms. The Morgan fingerprint density at radius 3 is 2.78 bits per heavy atom. The first kappa shape index (κ1) is 6.55. The molecule has 0 saturated heterocycles. The van der Waals surface area contributed by atoms with Gasteiger partial charge in [0.15, 0.2) is 0 Å². The van der Waals surface area contributed by atoms with Gasteiger partial charge < -0.3 is 0 Å². The molecule has 1 rings (SSSR count). The molecule has 0 aliphatic rings. The number of aromatic nitrogens is 1. The second-order valence-corrected chi connectivity index (χ2v) is 2.57. The van der Waals surface area contributed by atoms with Crippen LogP contribution in [0.3, 0.4) is 0 Å². The summed E-state index contributed by atoms with van der Waals surface area (Å²) in [6.45, 7) is 1.78. The monoisotopic (exact) mass is 187 g/mol. The van der Waals surface area contributed by atoms with Crippen molar-refractivity contribution in [3.8, 4) is 0 Å². The lowest BCUT2D eigenvalue weighted by molar-refractivity contribution is 1.13. The zero-order valence-electron chi connectivity index (χ0n) is 4.97. The van der Waals surface area contributed by atoms with Crippen LogP contribution >= 0.6 is 16.1 Å². The molecule has 0 spiro atoms. The highest BCUT2D eigenvalue weighted by Gasteiger charge is 1.91. The third kappa shape index (κ3) is 1.21. The number of hydrogen-bond donors (Lipinski definition) is 0. The zero-order valence-corrected chi connectivity index (χ0v) is 6.55. The Hall–Kier alpha value is -0.570. The second-order valence-electron chi connectivity index (χ2n) is 1.81. The molecule has 0 atom stereocenters. The van der Waals surface area contributed by atoms with E-state index in [0.29, 0.717) is 0 Å². The fraction of sp³-hybridized carbons (Fsp3) is 0.167. The Balaban J connectivity index is 3.43. The van der Waals surface area contributed by atoms with E-state index >= 15 is 0 Å². The third-order valence-corrected chi connectivity index (χ3v) is 1.65. The van der Waals surface area contributed by atoms with E-state index in [0.717, 1.165) is 5.56 Å². The van der Waals surface area contributed by atoms with Crippen molar-refractivity contribution in [1.29, 1.82) is 0 Å². The van der Waals surface area contributed by atoms with Crippen molar-refractivity contribution in [2.75, 3.05) is 0 Å².